The molecule has 6 nitrogen and oxygen atoms in total. The monoisotopic (exact) mass is 508 g/mol. The summed E-state index contributed by atoms with van der Waals surface area (Å²) in [5, 5.41) is 14.4. The number of sulfone groups is 1. The Labute approximate surface area is 195 Å². The van der Waals surface area contributed by atoms with Crippen molar-refractivity contribution in [3.8, 4) is 33.6 Å². The van der Waals surface area contributed by atoms with Crippen molar-refractivity contribution in [2.24, 2.45) is 0 Å². The number of benzene rings is 1. The van der Waals surface area contributed by atoms with Gasteiger partial charge in [-0.2, -0.15) is 23.5 Å². The molecular weight excluding hydrogens is 497 g/mol. The Kier molecular flexibility index (Phi) is 5.78. The number of thiophene rings is 1. The van der Waals surface area contributed by atoms with Gasteiger partial charge >= 0.3 is 6.18 Å². The third kappa shape index (κ3) is 4.37. The van der Waals surface area contributed by atoms with Crippen molar-refractivity contribution in [1.29, 1.82) is 5.26 Å². The quantitative estimate of drug-likeness (QED) is 0.357. The Morgan fingerprint density at radius 3 is 2.48 bits per heavy atom. The Balaban J connectivity index is 1.93. The smallest absolute Gasteiger partial charge is 0.236 e. The standard InChI is InChI=1S/C21H12ClF3N4O2S2/c1-33(30,31)14-5-7-17(27-11-14)29-19(18(22)20(28-29)21(23,24)25)12-4-6-15(13(9-12)10-26)16-3-2-8-32-16/h2-9,11H,1H3. The van der Waals surface area contributed by atoms with Gasteiger partial charge in [-0.1, -0.05) is 29.8 Å². The molecule has 168 valence electrons. The van der Waals surface area contributed by atoms with E-state index in [4.69, 9.17) is 11.6 Å². The van der Waals surface area contributed by atoms with Gasteiger partial charge in [0.2, 0.25) is 0 Å². The molecule has 0 aliphatic carbocycles. The Hall–Kier alpha value is -3.20. The van der Waals surface area contributed by atoms with Crippen LogP contribution in [0.15, 0.2) is 58.9 Å². The summed E-state index contributed by atoms with van der Waals surface area (Å²) in [6, 6.07) is 12.8. The van der Waals surface area contributed by atoms with Crippen molar-refractivity contribution in [2.75, 3.05) is 6.26 Å². The van der Waals surface area contributed by atoms with Gasteiger partial charge in [-0.15, -0.1) is 11.3 Å². The minimum atomic E-state index is -4.85. The average Bonchev–Trinajstić information content (AvgIpc) is 3.40. The fraction of sp³-hybridized carbons (Fsp3) is 0.0952. The van der Waals surface area contributed by atoms with Crippen molar-refractivity contribution >= 4 is 32.8 Å². The molecule has 0 saturated carbocycles. The van der Waals surface area contributed by atoms with E-state index in [-0.39, 0.29) is 27.5 Å². The lowest BCUT2D eigenvalue weighted by Gasteiger charge is -2.10. The van der Waals surface area contributed by atoms with E-state index in [1.54, 1.807) is 12.1 Å². The van der Waals surface area contributed by atoms with E-state index in [1.807, 2.05) is 17.5 Å². The fourth-order valence-corrected chi connectivity index (χ4v) is 4.80. The maximum absolute atomic E-state index is 13.6. The SMILES string of the molecule is CS(=O)(=O)c1ccc(-n2nc(C(F)(F)F)c(Cl)c2-c2ccc(-c3cccs3)c(C#N)c2)nc1. The maximum Gasteiger partial charge on any atom is 0.436 e. The topological polar surface area (TPSA) is 88.6 Å². The summed E-state index contributed by atoms with van der Waals surface area (Å²) in [6.45, 7) is 0. The molecule has 0 fully saturated rings. The maximum atomic E-state index is 13.6. The molecule has 0 atom stereocenters. The molecule has 33 heavy (non-hydrogen) atoms. The van der Waals surface area contributed by atoms with Gasteiger partial charge in [-0.3, -0.25) is 0 Å². The molecule has 12 heteroatoms. The lowest BCUT2D eigenvalue weighted by Crippen LogP contribution is -2.09. The summed E-state index contributed by atoms with van der Waals surface area (Å²) in [4.78, 5) is 4.69. The fourth-order valence-electron chi connectivity index (χ4n) is 3.14. The highest BCUT2D eigenvalue weighted by molar-refractivity contribution is 7.90. The zero-order valence-corrected chi connectivity index (χ0v) is 19.0. The molecule has 0 amide bonds. The summed E-state index contributed by atoms with van der Waals surface area (Å²) in [6.07, 6.45) is -2.84. The van der Waals surface area contributed by atoms with Gasteiger partial charge in [-0.05, 0) is 29.6 Å². The molecule has 0 aliphatic rings. The number of rotatable bonds is 4. The summed E-state index contributed by atoms with van der Waals surface area (Å²) >= 11 is 7.55. The van der Waals surface area contributed by atoms with Gasteiger partial charge in [0.15, 0.2) is 21.3 Å². The third-order valence-corrected chi connectivity index (χ3v) is 7.02. The average molecular weight is 509 g/mol. The number of hydrogen-bond donors (Lipinski definition) is 0. The molecular formula is C21H12ClF3N4O2S2. The highest BCUT2D eigenvalue weighted by Crippen LogP contribution is 2.41. The van der Waals surface area contributed by atoms with Gasteiger partial charge in [0.05, 0.1) is 27.2 Å². The first-order valence-electron chi connectivity index (χ1n) is 9.11. The molecule has 1 aromatic carbocycles. The van der Waals surface area contributed by atoms with Gasteiger partial charge in [0.1, 0.15) is 0 Å². The summed E-state index contributed by atoms with van der Waals surface area (Å²) in [7, 11) is -3.56. The highest BCUT2D eigenvalue weighted by atomic mass is 35.5. The minimum absolute atomic E-state index is 0.0735. The van der Waals surface area contributed by atoms with Crippen LogP contribution in [0.2, 0.25) is 5.02 Å². The van der Waals surface area contributed by atoms with E-state index in [0.717, 1.165) is 22.0 Å². The van der Waals surface area contributed by atoms with Crippen molar-refractivity contribution in [1.82, 2.24) is 14.8 Å². The first-order chi connectivity index (χ1) is 15.5. The Morgan fingerprint density at radius 2 is 1.94 bits per heavy atom. The van der Waals surface area contributed by atoms with Crippen LogP contribution in [0, 0.1) is 11.3 Å². The zero-order valence-electron chi connectivity index (χ0n) is 16.6. The van der Waals surface area contributed by atoms with Crippen molar-refractivity contribution in [3.63, 3.8) is 0 Å². The normalized spacial score (nSPS) is 12.0. The van der Waals surface area contributed by atoms with Crippen LogP contribution in [0.4, 0.5) is 13.2 Å². The molecule has 0 bridgehead atoms. The van der Waals surface area contributed by atoms with Crippen LogP contribution in [0.1, 0.15) is 11.3 Å². The molecule has 0 spiro atoms. The minimum Gasteiger partial charge on any atom is -0.236 e. The van der Waals surface area contributed by atoms with Crippen LogP contribution in [0.25, 0.3) is 27.5 Å². The molecule has 0 N–H and O–H groups in total. The number of alkyl halides is 3. The number of hydrogen-bond acceptors (Lipinski definition) is 6. The van der Waals surface area contributed by atoms with Crippen LogP contribution < -0.4 is 0 Å². The van der Waals surface area contributed by atoms with Crippen LogP contribution in [0.5, 0.6) is 0 Å². The van der Waals surface area contributed by atoms with Crippen LogP contribution in [-0.4, -0.2) is 29.4 Å². The zero-order chi connectivity index (χ0) is 24.0. The van der Waals surface area contributed by atoms with E-state index in [1.165, 1.54) is 29.5 Å². The summed E-state index contributed by atoms with van der Waals surface area (Å²) in [5.74, 6) is -0.0735. The largest absolute Gasteiger partial charge is 0.436 e. The van der Waals surface area contributed by atoms with Gasteiger partial charge in [0.25, 0.3) is 0 Å². The lowest BCUT2D eigenvalue weighted by atomic mass is 10.0. The second-order valence-electron chi connectivity index (χ2n) is 6.89. The Bertz CT molecular complexity index is 1490. The van der Waals surface area contributed by atoms with E-state index < -0.39 is 26.7 Å². The number of halogens is 4. The van der Waals surface area contributed by atoms with E-state index in [2.05, 4.69) is 16.2 Å². The summed E-state index contributed by atoms with van der Waals surface area (Å²) in [5.41, 5.74) is -0.363. The first-order valence-corrected chi connectivity index (χ1v) is 12.3. The molecule has 3 heterocycles. The lowest BCUT2D eigenvalue weighted by molar-refractivity contribution is -0.141. The van der Waals surface area contributed by atoms with Gasteiger partial charge in [0, 0.05) is 28.5 Å². The number of pyridine rings is 1. The highest BCUT2D eigenvalue weighted by Gasteiger charge is 2.39. The van der Waals surface area contributed by atoms with Gasteiger partial charge in [-0.25, -0.2) is 18.1 Å². The van der Waals surface area contributed by atoms with Crippen molar-refractivity contribution in [3.05, 3.63) is 70.3 Å². The van der Waals surface area contributed by atoms with Crippen molar-refractivity contribution < 1.29 is 21.6 Å². The predicted octanol–water partition coefficient (Wildman–Crippen LogP) is 5.61. The second-order valence-corrected chi connectivity index (χ2v) is 10.2. The van der Waals surface area contributed by atoms with Crippen LogP contribution in [-0.2, 0) is 16.0 Å². The number of aromatic nitrogens is 3. The molecule has 0 unspecified atom stereocenters. The molecule has 0 radical (unpaired) electrons. The molecule has 4 aromatic rings. The molecule has 0 aliphatic heterocycles. The van der Waals surface area contributed by atoms with Gasteiger partial charge < -0.3 is 0 Å². The van der Waals surface area contributed by atoms with Crippen LogP contribution in [0.3, 0.4) is 0 Å². The van der Waals surface area contributed by atoms with E-state index >= 15 is 0 Å². The third-order valence-electron chi connectivity index (χ3n) is 4.66. The molecule has 4 rings (SSSR count). The van der Waals surface area contributed by atoms with E-state index in [0.29, 0.717) is 5.56 Å². The van der Waals surface area contributed by atoms with E-state index in [9.17, 15) is 26.9 Å². The number of nitrogens with zero attached hydrogens (tertiary/aromatic N) is 4. The van der Waals surface area contributed by atoms with Crippen molar-refractivity contribution in [2.45, 2.75) is 11.1 Å². The molecule has 3 aromatic heterocycles. The molecule has 0 saturated heterocycles. The Morgan fingerprint density at radius 1 is 1.18 bits per heavy atom. The first kappa shape index (κ1) is 23.0. The predicted molar refractivity (Wildman–Crippen MR) is 118 cm³/mol. The van der Waals surface area contributed by atoms with Crippen LogP contribution >= 0.6 is 22.9 Å². The second kappa shape index (κ2) is 8.30. The summed E-state index contributed by atoms with van der Waals surface area (Å²) < 4.78 is 65.0. The number of nitriles is 1.